The summed E-state index contributed by atoms with van der Waals surface area (Å²) < 4.78 is 9.87. The van der Waals surface area contributed by atoms with Crippen molar-refractivity contribution in [3.05, 3.63) is 60.7 Å². The summed E-state index contributed by atoms with van der Waals surface area (Å²) in [5.41, 5.74) is 1.02. The van der Waals surface area contributed by atoms with E-state index in [-0.39, 0.29) is 6.10 Å². The van der Waals surface area contributed by atoms with Crippen LogP contribution in [0.1, 0.15) is 30.6 Å². The predicted octanol–water partition coefficient (Wildman–Crippen LogP) is 2.26. The molecule has 1 N–H and O–H groups in total. The van der Waals surface area contributed by atoms with Gasteiger partial charge >= 0.3 is 0 Å². The van der Waals surface area contributed by atoms with Crippen molar-refractivity contribution < 1.29 is 4.74 Å². The second kappa shape index (κ2) is 7.80. The van der Waals surface area contributed by atoms with E-state index in [9.17, 15) is 0 Å². The maximum Gasteiger partial charge on any atom is 0.164 e. The Labute approximate surface area is 153 Å². The molecule has 136 valence electrons. The summed E-state index contributed by atoms with van der Waals surface area (Å²) in [5.74, 6) is 2.20. The minimum Gasteiger partial charge on any atom is -0.370 e. The highest BCUT2D eigenvalue weighted by molar-refractivity contribution is 5.29. The van der Waals surface area contributed by atoms with E-state index in [0.29, 0.717) is 12.5 Å². The molecule has 1 fully saturated rings. The smallest absolute Gasteiger partial charge is 0.164 e. The van der Waals surface area contributed by atoms with Crippen LogP contribution in [0.15, 0.2) is 49.1 Å². The first kappa shape index (κ1) is 16.9. The average molecular weight is 352 g/mol. The van der Waals surface area contributed by atoms with Crippen molar-refractivity contribution in [2.24, 2.45) is 13.0 Å². The lowest BCUT2D eigenvalue weighted by Gasteiger charge is -2.31. The van der Waals surface area contributed by atoms with Gasteiger partial charge in [-0.15, -0.1) is 5.10 Å². The zero-order chi connectivity index (χ0) is 17.8. The van der Waals surface area contributed by atoms with E-state index in [4.69, 9.17) is 4.74 Å². The number of ether oxygens (including phenoxy) is 1. The monoisotopic (exact) mass is 352 g/mol. The lowest BCUT2D eigenvalue weighted by atomic mass is 9.93. The fraction of sp³-hybridized carbons (Fsp3) is 0.421. The molecule has 1 aromatic carbocycles. The van der Waals surface area contributed by atoms with Gasteiger partial charge in [-0.1, -0.05) is 18.2 Å². The number of imidazole rings is 1. The van der Waals surface area contributed by atoms with Crippen LogP contribution in [0.3, 0.4) is 0 Å². The van der Waals surface area contributed by atoms with E-state index in [0.717, 1.165) is 43.3 Å². The van der Waals surface area contributed by atoms with Crippen LogP contribution >= 0.6 is 0 Å². The summed E-state index contributed by atoms with van der Waals surface area (Å²) in [6.45, 7) is 2.30. The Balaban J connectivity index is 1.35. The molecular weight excluding hydrogens is 328 g/mol. The maximum absolute atomic E-state index is 6.02. The molecule has 26 heavy (non-hydrogen) atoms. The Morgan fingerprint density at radius 3 is 2.92 bits per heavy atom. The van der Waals surface area contributed by atoms with Gasteiger partial charge in [-0.25, -0.2) is 14.6 Å². The van der Waals surface area contributed by atoms with Crippen molar-refractivity contribution in [1.82, 2.24) is 29.6 Å². The van der Waals surface area contributed by atoms with E-state index in [1.807, 2.05) is 54.3 Å². The van der Waals surface area contributed by atoms with Gasteiger partial charge in [-0.2, -0.15) is 0 Å². The van der Waals surface area contributed by atoms with Crippen molar-refractivity contribution in [3.8, 4) is 5.69 Å². The number of para-hydroxylation sites is 1. The Morgan fingerprint density at radius 1 is 1.23 bits per heavy atom. The first-order valence-corrected chi connectivity index (χ1v) is 9.07. The third-order valence-corrected chi connectivity index (χ3v) is 4.81. The fourth-order valence-corrected chi connectivity index (χ4v) is 3.44. The summed E-state index contributed by atoms with van der Waals surface area (Å²) in [5, 5.41) is 8.03. The summed E-state index contributed by atoms with van der Waals surface area (Å²) >= 11 is 0. The number of nitrogens with zero attached hydrogens (tertiary/aromatic N) is 5. The zero-order valence-electron chi connectivity index (χ0n) is 15.0. The van der Waals surface area contributed by atoms with Crippen LogP contribution < -0.4 is 5.32 Å². The molecule has 7 nitrogen and oxygen atoms in total. The molecule has 0 aliphatic carbocycles. The molecule has 7 heteroatoms. The molecule has 0 bridgehead atoms. The molecule has 0 saturated carbocycles. The minimum atomic E-state index is 0.0473. The number of benzene rings is 1. The van der Waals surface area contributed by atoms with Gasteiger partial charge in [0, 0.05) is 38.5 Å². The van der Waals surface area contributed by atoms with Gasteiger partial charge in [-0.05, 0) is 25.0 Å². The highest BCUT2D eigenvalue weighted by Crippen LogP contribution is 2.32. The van der Waals surface area contributed by atoms with Crippen LogP contribution in [0.5, 0.6) is 0 Å². The minimum absolute atomic E-state index is 0.0473. The van der Waals surface area contributed by atoms with Crippen LogP contribution in [0, 0.1) is 5.92 Å². The molecule has 0 radical (unpaired) electrons. The molecule has 3 aromatic rings. The van der Waals surface area contributed by atoms with E-state index in [1.54, 1.807) is 11.0 Å². The molecule has 1 aliphatic heterocycles. The predicted molar refractivity (Wildman–Crippen MR) is 97.7 cm³/mol. The molecule has 2 aromatic heterocycles. The number of aromatic nitrogens is 5. The van der Waals surface area contributed by atoms with Crippen LogP contribution in [0.25, 0.3) is 5.69 Å². The Hall–Kier alpha value is -2.51. The lowest BCUT2D eigenvalue weighted by Crippen LogP contribution is -2.33. The van der Waals surface area contributed by atoms with Gasteiger partial charge in [0.1, 0.15) is 18.3 Å². The van der Waals surface area contributed by atoms with E-state index in [1.165, 1.54) is 0 Å². The van der Waals surface area contributed by atoms with E-state index in [2.05, 4.69) is 20.4 Å². The van der Waals surface area contributed by atoms with Crippen LogP contribution in [0.4, 0.5) is 0 Å². The Morgan fingerprint density at radius 2 is 2.12 bits per heavy atom. The maximum atomic E-state index is 6.02. The van der Waals surface area contributed by atoms with E-state index < -0.39 is 0 Å². The standard InChI is InChI=1S/C19H24N6O/c1-24-10-9-21-19(24)18-15(6-5-11-26-18)12-20-13-17-22-14-25(23-17)16-7-3-2-4-8-16/h2-4,7-10,14-15,18,20H,5-6,11-13H2,1H3/t15-,18+/m0/s1. The number of aryl methyl sites for hydroxylation is 1. The summed E-state index contributed by atoms with van der Waals surface area (Å²) in [6, 6.07) is 10.0. The summed E-state index contributed by atoms with van der Waals surface area (Å²) in [4.78, 5) is 8.87. The summed E-state index contributed by atoms with van der Waals surface area (Å²) in [6.07, 6.45) is 7.83. The van der Waals surface area contributed by atoms with Crippen molar-refractivity contribution >= 4 is 0 Å². The topological polar surface area (TPSA) is 69.8 Å². The first-order valence-electron chi connectivity index (χ1n) is 9.07. The third-order valence-electron chi connectivity index (χ3n) is 4.81. The zero-order valence-corrected chi connectivity index (χ0v) is 15.0. The second-order valence-corrected chi connectivity index (χ2v) is 6.66. The Bertz CT molecular complexity index is 827. The van der Waals surface area contributed by atoms with Gasteiger partial charge in [0.05, 0.1) is 12.2 Å². The number of rotatable bonds is 6. The molecule has 2 atom stereocenters. The molecule has 3 heterocycles. The van der Waals surface area contributed by atoms with Gasteiger partial charge < -0.3 is 14.6 Å². The SMILES string of the molecule is Cn1ccnc1[C@@H]1OCCC[C@H]1CNCc1ncn(-c2ccccc2)n1. The van der Waals surface area contributed by atoms with E-state index >= 15 is 0 Å². The summed E-state index contributed by atoms with van der Waals surface area (Å²) in [7, 11) is 2.02. The van der Waals surface area contributed by atoms with Gasteiger partial charge in [0.2, 0.25) is 0 Å². The van der Waals surface area contributed by atoms with Gasteiger partial charge in [0.25, 0.3) is 0 Å². The molecule has 0 spiro atoms. The van der Waals surface area contributed by atoms with Crippen molar-refractivity contribution in [3.63, 3.8) is 0 Å². The van der Waals surface area contributed by atoms with Crippen LogP contribution in [-0.2, 0) is 18.3 Å². The number of hydrogen-bond acceptors (Lipinski definition) is 5. The highest BCUT2D eigenvalue weighted by atomic mass is 16.5. The third kappa shape index (κ3) is 3.68. The Kier molecular flexibility index (Phi) is 5.08. The van der Waals surface area contributed by atoms with Crippen molar-refractivity contribution in [2.45, 2.75) is 25.5 Å². The molecule has 1 aliphatic rings. The van der Waals surface area contributed by atoms with Crippen LogP contribution in [-0.4, -0.2) is 37.5 Å². The molecule has 0 amide bonds. The molecule has 0 unspecified atom stereocenters. The van der Waals surface area contributed by atoms with Gasteiger partial charge in [0.15, 0.2) is 5.82 Å². The number of hydrogen-bond donors (Lipinski definition) is 1. The lowest BCUT2D eigenvalue weighted by molar-refractivity contribution is -0.0344. The second-order valence-electron chi connectivity index (χ2n) is 6.66. The van der Waals surface area contributed by atoms with Gasteiger partial charge in [-0.3, -0.25) is 0 Å². The highest BCUT2D eigenvalue weighted by Gasteiger charge is 2.29. The van der Waals surface area contributed by atoms with Crippen LogP contribution in [0.2, 0.25) is 0 Å². The largest absolute Gasteiger partial charge is 0.370 e. The molecular formula is C19H24N6O. The number of nitrogens with one attached hydrogen (secondary N) is 1. The molecule has 4 rings (SSSR count). The quantitative estimate of drug-likeness (QED) is 0.737. The fourth-order valence-electron chi connectivity index (χ4n) is 3.44. The first-order chi connectivity index (χ1) is 12.8. The average Bonchev–Trinajstić information content (AvgIpc) is 3.32. The van der Waals surface area contributed by atoms with Crippen molar-refractivity contribution in [2.75, 3.05) is 13.2 Å². The normalized spacial score (nSPS) is 20.3. The van der Waals surface area contributed by atoms with Crippen molar-refractivity contribution in [1.29, 1.82) is 0 Å². The molecule has 1 saturated heterocycles.